The zero-order valence-electron chi connectivity index (χ0n) is 15.7. The predicted octanol–water partition coefficient (Wildman–Crippen LogP) is 3.94. The van der Waals surface area contributed by atoms with Crippen molar-refractivity contribution < 1.29 is 31.1 Å². The Hall–Kier alpha value is -2.62. The maximum absolute atomic E-state index is 13.8. The zero-order chi connectivity index (χ0) is 22.1. The Balaban J connectivity index is 1.64. The van der Waals surface area contributed by atoms with Crippen LogP contribution in [-0.2, 0) is 12.6 Å². The molecule has 4 nitrogen and oxygen atoms in total. The Labute approximate surface area is 168 Å². The number of nitrogens with zero attached hydrogens (tertiary/aromatic N) is 2. The molecule has 2 aromatic rings. The van der Waals surface area contributed by atoms with Gasteiger partial charge in [0.25, 0.3) is 5.91 Å². The lowest BCUT2D eigenvalue weighted by molar-refractivity contribution is -0.138. The van der Waals surface area contributed by atoms with E-state index in [2.05, 4.69) is 4.98 Å². The van der Waals surface area contributed by atoms with Crippen LogP contribution in [0.1, 0.15) is 34.3 Å². The maximum atomic E-state index is 13.8. The summed E-state index contributed by atoms with van der Waals surface area (Å²) in [6.07, 6.45) is -2.05. The Morgan fingerprint density at radius 3 is 2.40 bits per heavy atom. The van der Waals surface area contributed by atoms with Crippen molar-refractivity contribution in [3.63, 3.8) is 0 Å². The molecule has 0 saturated carbocycles. The summed E-state index contributed by atoms with van der Waals surface area (Å²) in [5.41, 5.74) is 4.49. The van der Waals surface area contributed by atoms with Crippen LogP contribution in [0.4, 0.5) is 26.3 Å². The summed E-state index contributed by atoms with van der Waals surface area (Å²) in [7, 11) is 0. The monoisotopic (exact) mass is 431 g/mol. The zero-order valence-corrected chi connectivity index (χ0v) is 15.7. The number of amides is 1. The highest BCUT2D eigenvalue weighted by Crippen LogP contribution is 2.33. The Morgan fingerprint density at radius 1 is 1.13 bits per heavy atom. The molecule has 3 rings (SSSR count). The SMILES string of the molecule is NC(Cc1cc(F)c(F)cc1F)C1CCN(C(=O)c2cnccc2C(F)(F)F)CC1. The number of aromatic nitrogens is 1. The summed E-state index contributed by atoms with van der Waals surface area (Å²) in [5, 5.41) is 0. The predicted molar refractivity (Wildman–Crippen MR) is 95.9 cm³/mol. The first-order valence-electron chi connectivity index (χ1n) is 9.27. The first-order chi connectivity index (χ1) is 14.1. The number of hydrogen-bond acceptors (Lipinski definition) is 3. The van der Waals surface area contributed by atoms with Crippen LogP contribution in [0, 0.1) is 23.4 Å². The highest BCUT2D eigenvalue weighted by molar-refractivity contribution is 5.95. The van der Waals surface area contributed by atoms with E-state index < -0.39 is 46.7 Å². The smallest absolute Gasteiger partial charge is 0.339 e. The summed E-state index contributed by atoms with van der Waals surface area (Å²) in [4.78, 5) is 17.5. The molecule has 0 radical (unpaired) electrons. The van der Waals surface area contributed by atoms with Crippen molar-refractivity contribution in [2.45, 2.75) is 31.5 Å². The number of halogens is 6. The lowest BCUT2D eigenvalue weighted by Crippen LogP contribution is -2.44. The minimum atomic E-state index is -4.68. The first kappa shape index (κ1) is 22.1. The van der Waals surface area contributed by atoms with Gasteiger partial charge in [0.1, 0.15) is 5.82 Å². The highest BCUT2D eigenvalue weighted by Gasteiger charge is 2.37. The second kappa shape index (κ2) is 8.63. The van der Waals surface area contributed by atoms with E-state index in [4.69, 9.17) is 5.73 Å². The molecule has 162 valence electrons. The van der Waals surface area contributed by atoms with E-state index in [0.29, 0.717) is 18.9 Å². The third-order valence-electron chi connectivity index (χ3n) is 5.33. The normalized spacial score (nSPS) is 16.6. The summed E-state index contributed by atoms with van der Waals surface area (Å²) in [6.45, 7) is 0.341. The lowest BCUT2D eigenvalue weighted by Gasteiger charge is -2.35. The van der Waals surface area contributed by atoms with Gasteiger partial charge in [-0.2, -0.15) is 13.2 Å². The highest BCUT2D eigenvalue weighted by atomic mass is 19.4. The van der Waals surface area contributed by atoms with Gasteiger partial charge in [0.2, 0.25) is 0 Å². The van der Waals surface area contributed by atoms with Crippen molar-refractivity contribution in [1.29, 1.82) is 0 Å². The van der Waals surface area contributed by atoms with Gasteiger partial charge in [-0.05, 0) is 42.9 Å². The van der Waals surface area contributed by atoms with Crippen LogP contribution in [-0.4, -0.2) is 34.9 Å². The van der Waals surface area contributed by atoms with E-state index in [0.717, 1.165) is 24.5 Å². The molecule has 2 heterocycles. The van der Waals surface area contributed by atoms with E-state index in [1.165, 1.54) is 4.90 Å². The van der Waals surface area contributed by atoms with Crippen LogP contribution in [0.15, 0.2) is 30.6 Å². The standard InChI is InChI=1S/C20H19F6N3O/c21-15-9-17(23)16(22)7-12(15)8-18(27)11-2-5-29(6-3-11)19(30)13-10-28-4-1-14(13)20(24,25)26/h1,4,7,9-11,18H,2-3,5-6,8,27H2. The van der Waals surface area contributed by atoms with Crippen molar-refractivity contribution >= 4 is 5.91 Å². The Morgan fingerprint density at radius 2 is 1.77 bits per heavy atom. The average Bonchev–Trinajstić information content (AvgIpc) is 2.71. The number of rotatable bonds is 4. The van der Waals surface area contributed by atoms with E-state index in [1.807, 2.05) is 0 Å². The average molecular weight is 431 g/mol. The molecular formula is C20H19F6N3O. The summed E-state index contributed by atoms with van der Waals surface area (Å²) < 4.78 is 79.7. The molecule has 1 aromatic carbocycles. The van der Waals surface area contributed by atoms with Crippen LogP contribution in [0.3, 0.4) is 0 Å². The van der Waals surface area contributed by atoms with Gasteiger partial charge in [0, 0.05) is 37.6 Å². The summed E-state index contributed by atoms with van der Waals surface area (Å²) in [6, 6.07) is 1.41. The van der Waals surface area contributed by atoms with E-state index >= 15 is 0 Å². The molecular weight excluding hydrogens is 412 g/mol. The van der Waals surface area contributed by atoms with Gasteiger partial charge in [0.05, 0.1) is 11.1 Å². The third-order valence-corrected chi connectivity index (χ3v) is 5.33. The number of benzene rings is 1. The summed E-state index contributed by atoms with van der Waals surface area (Å²) in [5.74, 6) is -4.28. The van der Waals surface area contributed by atoms with Crippen molar-refractivity contribution in [2.24, 2.45) is 11.7 Å². The van der Waals surface area contributed by atoms with Crippen molar-refractivity contribution in [1.82, 2.24) is 9.88 Å². The Bertz CT molecular complexity index is 925. The van der Waals surface area contributed by atoms with Crippen LogP contribution >= 0.6 is 0 Å². The van der Waals surface area contributed by atoms with Crippen molar-refractivity contribution in [3.05, 3.63) is 64.7 Å². The molecule has 1 aliphatic heterocycles. The van der Waals surface area contributed by atoms with Gasteiger partial charge < -0.3 is 10.6 Å². The molecule has 1 unspecified atom stereocenters. The molecule has 1 fully saturated rings. The topological polar surface area (TPSA) is 59.2 Å². The Kier molecular flexibility index (Phi) is 6.35. The quantitative estimate of drug-likeness (QED) is 0.590. The second-order valence-electron chi connectivity index (χ2n) is 7.27. The van der Waals surface area contributed by atoms with Gasteiger partial charge in [-0.15, -0.1) is 0 Å². The molecule has 1 aliphatic rings. The molecule has 1 atom stereocenters. The van der Waals surface area contributed by atoms with Gasteiger partial charge in [0.15, 0.2) is 11.6 Å². The fourth-order valence-corrected chi connectivity index (χ4v) is 3.65. The van der Waals surface area contributed by atoms with Crippen molar-refractivity contribution in [2.75, 3.05) is 13.1 Å². The number of nitrogens with two attached hydrogens (primary N) is 1. The van der Waals surface area contributed by atoms with Crippen LogP contribution in [0.25, 0.3) is 0 Å². The fourth-order valence-electron chi connectivity index (χ4n) is 3.65. The van der Waals surface area contributed by atoms with Crippen LogP contribution in [0.2, 0.25) is 0 Å². The third kappa shape index (κ3) is 4.75. The second-order valence-corrected chi connectivity index (χ2v) is 7.27. The lowest BCUT2D eigenvalue weighted by atomic mass is 9.86. The minimum absolute atomic E-state index is 0.0253. The molecule has 1 aromatic heterocycles. The molecule has 2 N–H and O–H groups in total. The molecule has 0 aliphatic carbocycles. The van der Waals surface area contributed by atoms with Gasteiger partial charge in [-0.25, -0.2) is 13.2 Å². The first-order valence-corrected chi connectivity index (χ1v) is 9.27. The number of alkyl halides is 3. The van der Waals surface area contributed by atoms with Crippen molar-refractivity contribution in [3.8, 4) is 0 Å². The number of hydrogen-bond donors (Lipinski definition) is 1. The minimum Gasteiger partial charge on any atom is -0.339 e. The van der Waals surface area contributed by atoms with E-state index in [9.17, 15) is 31.1 Å². The van der Waals surface area contributed by atoms with E-state index in [1.54, 1.807) is 0 Å². The molecule has 1 amide bonds. The molecule has 0 spiro atoms. The molecule has 1 saturated heterocycles. The fraction of sp³-hybridized carbons (Fsp3) is 0.400. The molecule has 10 heteroatoms. The number of carbonyl (C=O) groups excluding carboxylic acids is 1. The summed E-state index contributed by atoms with van der Waals surface area (Å²) >= 11 is 0. The number of carbonyl (C=O) groups is 1. The van der Waals surface area contributed by atoms with E-state index in [-0.39, 0.29) is 31.0 Å². The molecule has 30 heavy (non-hydrogen) atoms. The van der Waals surface area contributed by atoms with Gasteiger partial charge >= 0.3 is 6.18 Å². The van der Waals surface area contributed by atoms with Crippen LogP contribution in [0.5, 0.6) is 0 Å². The maximum Gasteiger partial charge on any atom is 0.417 e. The van der Waals surface area contributed by atoms with Gasteiger partial charge in [-0.3, -0.25) is 9.78 Å². The number of pyridine rings is 1. The number of likely N-dealkylation sites (tertiary alicyclic amines) is 1. The number of piperidine rings is 1. The molecule has 0 bridgehead atoms. The largest absolute Gasteiger partial charge is 0.417 e. The van der Waals surface area contributed by atoms with Gasteiger partial charge in [-0.1, -0.05) is 0 Å². The van der Waals surface area contributed by atoms with Crippen LogP contribution < -0.4 is 5.73 Å².